The predicted octanol–water partition coefficient (Wildman–Crippen LogP) is 2.40. The third kappa shape index (κ3) is 1.97. The number of benzene rings is 1. The number of rotatable bonds is 2. The molecule has 0 heterocycles. The summed E-state index contributed by atoms with van der Waals surface area (Å²) in [6.45, 7) is 0. The van der Waals surface area contributed by atoms with Gasteiger partial charge < -0.3 is 0 Å². The van der Waals surface area contributed by atoms with Crippen LogP contribution in [0.1, 0.15) is 24.8 Å². The second-order valence-electron chi connectivity index (χ2n) is 3.67. The molecule has 0 amide bonds. The second kappa shape index (κ2) is 3.73. The summed E-state index contributed by atoms with van der Waals surface area (Å²) in [5.41, 5.74) is 1.24. The number of hydrogen-bond acceptors (Lipinski definition) is 1. The molecule has 1 aliphatic rings. The molecule has 67 valence electrons. The fourth-order valence-corrected chi connectivity index (χ4v) is 1.95. The van der Waals surface area contributed by atoms with Crippen LogP contribution in [0.5, 0.6) is 0 Å². The predicted molar refractivity (Wildman–Crippen MR) is 51.3 cm³/mol. The van der Waals surface area contributed by atoms with Crippen LogP contribution in [-0.2, 0) is 11.2 Å². The smallest absolute Gasteiger partial charge is 0.136 e. The first-order valence-corrected chi connectivity index (χ1v) is 4.84. The van der Waals surface area contributed by atoms with Gasteiger partial charge in [0.25, 0.3) is 0 Å². The molecule has 1 nitrogen and oxygen atoms in total. The first-order valence-electron chi connectivity index (χ1n) is 4.84. The molecule has 1 aromatic rings. The molecule has 1 radical (unpaired) electrons. The maximum Gasteiger partial charge on any atom is 0.136 e. The van der Waals surface area contributed by atoms with Gasteiger partial charge in [-0.3, -0.25) is 4.79 Å². The SMILES string of the molecule is O=C1CCCC1Cc1c[c]ccc1. The minimum Gasteiger partial charge on any atom is -0.299 e. The normalized spacial score (nSPS) is 22.2. The molecule has 0 saturated heterocycles. The van der Waals surface area contributed by atoms with Crippen LogP contribution in [0, 0.1) is 12.0 Å². The van der Waals surface area contributed by atoms with E-state index in [1.807, 2.05) is 18.2 Å². The van der Waals surface area contributed by atoms with Crippen LogP contribution < -0.4 is 0 Å². The average molecular weight is 173 g/mol. The van der Waals surface area contributed by atoms with E-state index in [0.29, 0.717) is 5.78 Å². The van der Waals surface area contributed by atoms with Crippen molar-refractivity contribution in [1.82, 2.24) is 0 Å². The molecule has 1 heteroatoms. The van der Waals surface area contributed by atoms with E-state index >= 15 is 0 Å². The van der Waals surface area contributed by atoms with E-state index in [4.69, 9.17) is 0 Å². The Balaban J connectivity index is 2.02. The van der Waals surface area contributed by atoms with E-state index in [2.05, 4.69) is 12.1 Å². The molecule has 0 spiro atoms. The lowest BCUT2D eigenvalue weighted by atomic mass is 9.97. The van der Waals surface area contributed by atoms with Crippen LogP contribution >= 0.6 is 0 Å². The summed E-state index contributed by atoms with van der Waals surface area (Å²) in [5.74, 6) is 0.736. The fourth-order valence-electron chi connectivity index (χ4n) is 1.95. The van der Waals surface area contributed by atoms with Crippen molar-refractivity contribution in [2.45, 2.75) is 25.7 Å². The number of ketones is 1. The second-order valence-corrected chi connectivity index (χ2v) is 3.67. The first-order chi connectivity index (χ1) is 6.36. The highest BCUT2D eigenvalue weighted by atomic mass is 16.1. The van der Waals surface area contributed by atoms with Gasteiger partial charge in [-0.05, 0) is 30.9 Å². The highest BCUT2D eigenvalue weighted by Gasteiger charge is 2.23. The molecule has 0 aromatic heterocycles. The Morgan fingerprint density at radius 2 is 2.46 bits per heavy atom. The third-order valence-electron chi connectivity index (χ3n) is 2.68. The standard InChI is InChI=1S/C12H13O/c13-12-8-4-7-11(12)9-10-5-2-1-3-6-10/h1-2,5-6,11H,4,7-9H2. The number of hydrogen-bond donors (Lipinski definition) is 0. The van der Waals surface area contributed by atoms with Crippen molar-refractivity contribution < 1.29 is 4.79 Å². The summed E-state index contributed by atoms with van der Waals surface area (Å²) >= 11 is 0. The fraction of sp³-hybridized carbons (Fsp3) is 0.417. The van der Waals surface area contributed by atoms with Gasteiger partial charge in [-0.15, -0.1) is 0 Å². The molecule has 13 heavy (non-hydrogen) atoms. The van der Waals surface area contributed by atoms with Crippen LogP contribution in [0.2, 0.25) is 0 Å². The van der Waals surface area contributed by atoms with E-state index in [-0.39, 0.29) is 5.92 Å². The number of Topliss-reactive ketones (excluding diaryl/α,β-unsaturated/α-hetero) is 1. The molecule has 0 N–H and O–H groups in total. The summed E-state index contributed by atoms with van der Waals surface area (Å²) in [7, 11) is 0. The van der Waals surface area contributed by atoms with E-state index in [0.717, 1.165) is 25.7 Å². The van der Waals surface area contributed by atoms with Gasteiger partial charge in [0, 0.05) is 12.3 Å². The molecular formula is C12H13O. The Kier molecular flexibility index (Phi) is 2.44. The lowest BCUT2D eigenvalue weighted by Gasteiger charge is -2.06. The molecule has 0 aliphatic heterocycles. The van der Waals surface area contributed by atoms with Crippen molar-refractivity contribution in [1.29, 1.82) is 0 Å². The van der Waals surface area contributed by atoms with Crippen LogP contribution in [0.25, 0.3) is 0 Å². The largest absolute Gasteiger partial charge is 0.299 e. The van der Waals surface area contributed by atoms with Gasteiger partial charge in [-0.25, -0.2) is 0 Å². The van der Waals surface area contributed by atoms with Crippen molar-refractivity contribution >= 4 is 5.78 Å². The average Bonchev–Trinajstić information content (AvgIpc) is 2.54. The van der Waals surface area contributed by atoms with Gasteiger partial charge in [0.05, 0.1) is 0 Å². The monoisotopic (exact) mass is 173 g/mol. The van der Waals surface area contributed by atoms with E-state index in [1.54, 1.807) is 0 Å². The van der Waals surface area contributed by atoms with Gasteiger partial charge in [-0.1, -0.05) is 24.3 Å². The highest BCUT2D eigenvalue weighted by molar-refractivity contribution is 5.83. The van der Waals surface area contributed by atoms with Crippen molar-refractivity contribution in [2.75, 3.05) is 0 Å². The summed E-state index contributed by atoms with van der Waals surface area (Å²) in [4.78, 5) is 11.4. The van der Waals surface area contributed by atoms with E-state index in [1.165, 1.54) is 5.56 Å². The van der Waals surface area contributed by atoms with Crippen molar-refractivity contribution in [3.05, 3.63) is 35.9 Å². The summed E-state index contributed by atoms with van der Waals surface area (Å²) in [6, 6.07) is 11.0. The molecule has 1 unspecified atom stereocenters. The Labute approximate surface area is 78.8 Å². The van der Waals surface area contributed by atoms with Crippen LogP contribution in [0.4, 0.5) is 0 Å². The lowest BCUT2D eigenvalue weighted by molar-refractivity contribution is -0.120. The molecule has 1 aromatic carbocycles. The van der Waals surface area contributed by atoms with Gasteiger partial charge >= 0.3 is 0 Å². The van der Waals surface area contributed by atoms with Crippen molar-refractivity contribution in [3.63, 3.8) is 0 Å². The maximum absolute atomic E-state index is 11.4. The molecule has 1 saturated carbocycles. The summed E-state index contributed by atoms with van der Waals surface area (Å²) < 4.78 is 0. The number of carbonyl (C=O) groups excluding carboxylic acids is 1. The summed E-state index contributed by atoms with van der Waals surface area (Å²) in [5, 5.41) is 0. The van der Waals surface area contributed by atoms with Gasteiger partial charge in [0.1, 0.15) is 5.78 Å². The van der Waals surface area contributed by atoms with Gasteiger partial charge in [-0.2, -0.15) is 0 Å². The topological polar surface area (TPSA) is 17.1 Å². The molecule has 0 bridgehead atoms. The van der Waals surface area contributed by atoms with E-state index in [9.17, 15) is 4.79 Å². The molecule has 1 fully saturated rings. The van der Waals surface area contributed by atoms with E-state index < -0.39 is 0 Å². The van der Waals surface area contributed by atoms with Crippen LogP contribution in [-0.4, -0.2) is 5.78 Å². The van der Waals surface area contributed by atoms with Crippen molar-refractivity contribution in [3.8, 4) is 0 Å². The Hall–Kier alpha value is -1.11. The zero-order valence-corrected chi connectivity index (χ0v) is 7.62. The zero-order chi connectivity index (χ0) is 9.10. The van der Waals surface area contributed by atoms with Crippen LogP contribution in [0.3, 0.4) is 0 Å². The lowest BCUT2D eigenvalue weighted by Crippen LogP contribution is -2.09. The first kappa shape index (κ1) is 8.49. The minimum absolute atomic E-state index is 0.288. The van der Waals surface area contributed by atoms with Crippen molar-refractivity contribution in [2.24, 2.45) is 5.92 Å². The summed E-state index contributed by atoms with van der Waals surface area (Å²) in [6.07, 6.45) is 3.87. The molecule has 1 aliphatic carbocycles. The Morgan fingerprint density at radius 1 is 1.54 bits per heavy atom. The van der Waals surface area contributed by atoms with Gasteiger partial charge in [0.2, 0.25) is 0 Å². The maximum atomic E-state index is 11.4. The zero-order valence-electron chi connectivity index (χ0n) is 7.62. The Morgan fingerprint density at radius 3 is 3.08 bits per heavy atom. The number of carbonyl (C=O) groups is 1. The van der Waals surface area contributed by atoms with Gasteiger partial charge in [0.15, 0.2) is 0 Å². The third-order valence-corrected chi connectivity index (χ3v) is 2.68. The molecular weight excluding hydrogens is 160 g/mol. The highest BCUT2D eigenvalue weighted by Crippen LogP contribution is 2.24. The Bertz CT molecular complexity index is 289. The quantitative estimate of drug-likeness (QED) is 0.671. The molecule has 2 rings (SSSR count). The van der Waals surface area contributed by atoms with Crippen LogP contribution in [0.15, 0.2) is 24.3 Å². The minimum atomic E-state index is 0.288. The molecule has 1 atom stereocenters.